The van der Waals surface area contributed by atoms with Crippen molar-refractivity contribution in [1.29, 1.82) is 0 Å². The van der Waals surface area contributed by atoms with Crippen LogP contribution in [0.4, 0.5) is 0 Å². The summed E-state index contributed by atoms with van der Waals surface area (Å²) in [6.45, 7) is 0. The second-order valence-electron chi connectivity index (χ2n) is 6.16. The second kappa shape index (κ2) is 9.05. The summed E-state index contributed by atoms with van der Waals surface area (Å²) in [5.41, 5.74) is 2.74. The average molecular weight is 379 g/mol. The number of aromatic nitrogens is 2. The molecule has 7 heteroatoms. The van der Waals surface area contributed by atoms with Crippen LogP contribution in [-0.2, 0) is 25.5 Å². The van der Waals surface area contributed by atoms with Gasteiger partial charge in [0.15, 0.2) is 6.10 Å². The summed E-state index contributed by atoms with van der Waals surface area (Å²) in [7, 11) is 2.72. The highest BCUT2D eigenvalue weighted by Crippen LogP contribution is 2.17. The number of amides is 1. The van der Waals surface area contributed by atoms with E-state index in [1.54, 1.807) is 18.3 Å². The molecular weight excluding hydrogens is 358 g/mol. The lowest BCUT2D eigenvalue weighted by atomic mass is 10.1. The Bertz CT molecular complexity index is 962. The van der Waals surface area contributed by atoms with Crippen LogP contribution < -0.4 is 5.32 Å². The molecule has 1 aromatic heterocycles. The quantitative estimate of drug-likeness (QED) is 0.633. The number of benzene rings is 2. The van der Waals surface area contributed by atoms with Gasteiger partial charge in [-0.15, -0.1) is 0 Å². The Morgan fingerprint density at radius 3 is 2.36 bits per heavy atom. The first-order chi connectivity index (χ1) is 13.6. The molecule has 7 nitrogen and oxygen atoms in total. The van der Waals surface area contributed by atoms with Gasteiger partial charge in [-0.1, -0.05) is 42.5 Å². The van der Waals surface area contributed by atoms with Crippen LogP contribution in [0.3, 0.4) is 0 Å². The fourth-order valence-corrected chi connectivity index (χ4v) is 2.91. The van der Waals surface area contributed by atoms with E-state index in [4.69, 9.17) is 9.47 Å². The summed E-state index contributed by atoms with van der Waals surface area (Å²) in [5.74, 6) is -0.996. The number of esters is 1. The maximum atomic E-state index is 12.7. The molecular formula is C21H21N3O4. The predicted octanol–water partition coefficient (Wildman–Crippen LogP) is 2.22. The van der Waals surface area contributed by atoms with Gasteiger partial charge in [0.2, 0.25) is 0 Å². The minimum absolute atomic E-state index is 0.154. The summed E-state index contributed by atoms with van der Waals surface area (Å²) < 4.78 is 10.2. The molecule has 3 aromatic rings. The van der Waals surface area contributed by atoms with Crippen molar-refractivity contribution in [1.82, 2.24) is 15.3 Å². The fourth-order valence-electron chi connectivity index (χ4n) is 2.91. The van der Waals surface area contributed by atoms with Crippen LogP contribution in [0.25, 0.3) is 11.0 Å². The van der Waals surface area contributed by atoms with Gasteiger partial charge in [-0.2, -0.15) is 0 Å². The number of carbonyl (C=O) groups excluding carboxylic acids is 2. The third-order valence-corrected chi connectivity index (χ3v) is 4.29. The first-order valence-corrected chi connectivity index (χ1v) is 8.79. The van der Waals surface area contributed by atoms with Gasteiger partial charge in [0.05, 0.1) is 23.8 Å². The molecule has 3 rings (SSSR count). The van der Waals surface area contributed by atoms with Gasteiger partial charge in [-0.25, -0.2) is 9.78 Å². The lowest BCUT2D eigenvalue weighted by Gasteiger charge is -2.20. The number of hydrogen-bond acceptors (Lipinski definition) is 6. The van der Waals surface area contributed by atoms with E-state index in [9.17, 15) is 9.59 Å². The first-order valence-electron chi connectivity index (χ1n) is 8.79. The van der Waals surface area contributed by atoms with Crippen molar-refractivity contribution in [3.05, 3.63) is 72.1 Å². The van der Waals surface area contributed by atoms with Crippen LogP contribution >= 0.6 is 0 Å². The Kier molecular flexibility index (Phi) is 6.29. The van der Waals surface area contributed by atoms with Crippen molar-refractivity contribution in [2.75, 3.05) is 14.2 Å². The van der Waals surface area contributed by atoms with Crippen LogP contribution in [0.15, 0.2) is 60.8 Å². The predicted molar refractivity (Wildman–Crippen MR) is 103 cm³/mol. The Morgan fingerprint density at radius 2 is 1.68 bits per heavy atom. The van der Waals surface area contributed by atoms with E-state index in [1.165, 1.54) is 14.2 Å². The molecule has 0 saturated heterocycles. The lowest BCUT2D eigenvalue weighted by Crippen LogP contribution is -2.45. The van der Waals surface area contributed by atoms with E-state index in [1.807, 2.05) is 42.5 Å². The number of rotatable bonds is 7. The number of hydrogen-bond donors (Lipinski definition) is 1. The van der Waals surface area contributed by atoms with Crippen molar-refractivity contribution in [2.45, 2.75) is 18.6 Å². The molecule has 0 bridgehead atoms. The van der Waals surface area contributed by atoms with Gasteiger partial charge in [-0.3, -0.25) is 9.78 Å². The Labute approximate surface area is 162 Å². The van der Waals surface area contributed by atoms with Crippen molar-refractivity contribution < 1.29 is 19.1 Å². The van der Waals surface area contributed by atoms with Crippen LogP contribution in [-0.4, -0.2) is 42.1 Å². The van der Waals surface area contributed by atoms with Crippen molar-refractivity contribution in [2.24, 2.45) is 0 Å². The van der Waals surface area contributed by atoms with E-state index < -0.39 is 24.0 Å². The molecule has 144 valence electrons. The highest BCUT2D eigenvalue weighted by Gasteiger charge is 2.28. The summed E-state index contributed by atoms with van der Waals surface area (Å²) in [5, 5.41) is 2.71. The first kappa shape index (κ1) is 19.4. The monoisotopic (exact) mass is 379 g/mol. The number of methoxy groups -OCH3 is 2. The van der Waals surface area contributed by atoms with E-state index in [-0.39, 0.29) is 6.42 Å². The van der Waals surface area contributed by atoms with Crippen molar-refractivity contribution in [3.8, 4) is 0 Å². The molecule has 1 heterocycles. The molecule has 2 atom stereocenters. The zero-order chi connectivity index (χ0) is 19.9. The third kappa shape index (κ3) is 4.50. The van der Waals surface area contributed by atoms with Crippen LogP contribution in [0.1, 0.15) is 17.4 Å². The maximum absolute atomic E-state index is 12.7. The zero-order valence-corrected chi connectivity index (χ0v) is 15.7. The second-order valence-corrected chi connectivity index (χ2v) is 6.16. The van der Waals surface area contributed by atoms with E-state index >= 15 is 0 Å². The molecule has 0 saturated carbocycles. The minimum atomic E-state index is -0.908. The summed E-state index contributed by atoms with van der Waals surface area (Å²) in [6.07, 6.45) is 0.910. The minimum Gasteiger partial charge on any atom is -0.467 e. The standard InChI is InChI=1S/C21H21N3O4/c1-27-19(14-8-4-3-5-9-14)20(25)24-18(21(26)28-2)12-15-13-22-16-10-6-7-11-17(16)23-15/h3-11,13,18-19H,12H2,1-2H3,(H,24,25)/t18-,19-/m0/s1. The van der Waals surface area contributed by atoms with Crippen molar-refractivity contribution >= 4 is 22.9 Å². The summed E-state index contributed by atoms with van der Waals surface area (Å²) in [6, 6.07) is 15.6. The summed E-state index contributed by atoms with van der Waals surface area (Å²) >= 11 is 0. The van der Waals surface area contributed by atoms with Crippen molar-refractivity contribution in [3.63, 3.8) is 0 Å². The van der Waals surface area contributed by atoms with Crippen LogP contribution in [0.2, 0.25) is 0 Å². The number of fused-ring (bicyclic) bond motifs is 1. The van der Waals surface area contributed by atoms with Crippen LogP contribution in [0.5, 0.6) is 0 Å². The molecule has 0 unspecified atom stereocenters. The zero-order valence-electron chi connectivity index (χ0n) is 15.7. The normalized spacial score (nSPS) is 12.9. The van der Waals surface area contributed by atoms with Gasteiger partial charge >= 0.3 is 5.97 Å². The number of para-hydroxylation sites is 2. The van der Waals surface area contributed by atoms with Gasteiger partial charge in [0.1, 0.15) is 6.04 Å². The Balaban J connectivity index is 1.79. The molecule has 0 aliphatic rings. The average Bonchev–Trinajstić information content (AvgIpc) is 2.74. The largest absolute Gasteiger partial charge is 0.467 e. The number of nitrogens with one attached hydrogen (secondary N) is 1. The molecule has 0 fully saturated rings. The molecule has 1 N–H and O–H groups in total. The molecule has 1 amide bonds. The highest BCUT2D eigenvalue weighted by atomic mass is 16.5. The third-order valence-electron chi connectivity index (χ3n) is 4.29. The highest BCUT2D eigenvalue weighted by molar-refractivity contribution is 5.88. The smallest absolute Gasteiger partial charge is 0.328 e. The number of ether oxygens (including phenoxy) is 2. The van der Waals surface area contributed by atoms with E-state index in [0.717, 1.165) is 5.52 Å². The molecule has 0 radical (unpaired) electrons. The van der Waals surface area contributed by atoms with E-state index in [2.05, 4.69) is 15.3 Å². The molecule has 2 aromatic carbocycles. The summed E-state index contributed by atoms with van der Waals surface area (Å²) in [4.78, 5) is 33.8. The molecule has 0 spiro atoms. The van der Waals surface area contributed by atoms with Gasteiger partial charge in [0, 0.05) is 19.7 Å². The van der Waals surface area contributed by atoms with E-state index in [0.29, 0.717) is 16.8 Å². The number of nitrogens with zero attached hydrogens (tertiary/aromatic N) is 2. The van der Waals surface area contributed by atoms with Gasteiger partial charge in [0.25, 0.3) is 5.91 Å². The van der Waals surface area contributed by atoms with Gasteiger partial charge < -0.3 is 14.8 Å². The maximum Gasteiger partial charge on any atom is 0.328 e. The lowest BCUT2D eigenvalue weighted by molar-refractivity contribution is -0.146. The fraction of sp³-hybridized carbons (Fsp3) is 0.238. The van der Waals surface area contributed by atoms with Crippen LogP contribution in [0, 0.1) is 0 Å². The van der Waals surface area contributed by atoms with Gasteiger partial charge in [-0.05, 0) is 17.7 Å². The topological polar surface area (TPSA) is 90.4 Å². The Hall–Kier alpha value is -3.32. The SMILES string of the molecule is COC(=O)[C@H](Cc1cnc2ccccc2n1)NC(=O)[C@@H](OC)c1ccccc1. The molecule has 0 aliphatic carbocycles. The molecule has 28 heavy (non-hydrogen) atoms. The Morgan fingerprint density at radius 1 is 1.00 bits per heavy atom. The molecule has 0 aliphatic heterocycles. The number of carbonyl (C=O) groups is 2.